The predicted octanol–water partition coefficient (Wildman–Crippen LogP) is 3.08. The first-order chi connectivity index (χ1) is 7.67. The number of aldehydes is 1. The Balaban J connectivity index is 3.13. The van der Waals surface area contributed by atoms with Crippen LogP contribution in [0.25, 0.3) is 0 Å². The van der Waals surface area contributed by atoms with Crippen molar-refractivity contribution >= 4 is 6.29 Å². The number of nitrogens with zero attached hydrogens (tertiary/aromatic N) is 1. The maximum absolute atomic E-state index is 10.5. The Hall–Kier alpha value is -1.62. The smallest absolute Gasteiger partial charge is 0.120 e. The molecule has 1 aromatic rings. The van der Waals surface area contributed by atoms with Gasteiger partial charge in [-0.25, -0.2) is 0 Å². The lowest BCUT2D eigenvalue weighted by molar-refractivity contribution is -0.108. The minimum absolute atomic E-state index is 0.194. The number of rotatable bonds is 5. The van der Waals surface area contributed by atoms with Crippen molar-refractivity contribution in [3.05, 3.63) is 35.9 Å². The largest absolute Gasteiger partial charge is 0.303 e. The molecule has 0 aliphatic heterocycles. The molecule has 2 nitrogen and oxygen atoms in total. The molecule has 0 bridgehead atoms. The molecule has 2 heteroatoms. The van der Waals surface area contributed by atoms with Gasteiger partial charge in [0.1, 0.15) is 6.29 Å². The number of nitriles is 1. The Morgan fingerprint density at radius 3 is 2.44 bits per heavy atom. The van der Waals surface area contributed by atoms with Crippen molar-refractivity contribution in [1.29, 1.82) is 5.26 Å². The molecule has 1 atom stereocenters. The maximum atomic E-state index is 10.5. The molecule has 0 spiro atoms. The van der Waals surface area contributed by atoms with Gasteiger partial charge in [-0.2, -0.15) is 5.26 Å². The molecule has 1 aromatic carbocycles. The van der Waals surface area contributed by atoms with Gasteiger partial charge in [0, 0.05) is 6.42 Å². The standard InChI is InChI=1S/C14H17NO/c1-12(2)14(11-15,9-6-10-16)13-7-4-3-5-8-13/h3-5,7-8,10,12H,6,9H2,1-2H3. The van der Waals surface area contributed by atoms with Crippen LogP contribution in [-0.2, 0) is 10.2 Å². The van der Waals surface area contributed by atoms with E-state index in [-0.39, 0.29) is 5.92 Å². The minimum atomic E-state index is -0.540. The first-order valence-electron chi connectivity index (χ1n) is 5.58. The van der Waals surface area contributed by atoms with E-state index in [0.717, 1.165) is 11.8 Å². The van der Waals surface area contributed by atoms with E-state index in [1.165, 1.54) is 0 Å². The summed E-state index contributed by atoms with van der Waals surface area (Å²) in [6, 6.07) is 12.1. The zero-order valence-electron chi connectivity index (χ0n) is 9.81. The highest BCUT2D eigenvalue weighted by Crippen LogP contribution is 2.35. The second kappa shape index (κ2) is 5.46. The van der Waals surface area contributed by atoms with Gasteiger partial charge in [-0.3, -0.25) is 0 Å². The Bertz CT molecular complexity index is 377. The molecule has 0 aliphatic carbocycles. The molecule has 0 saturated carbocycles. The molecule has 16 heavy (non-hydrogen) atoms. The molecule has 0 saturated heterocycles. The van der Waals surface area contributed by atoms with Gasteiger partial charge in [-0.05, 0) is 17.9 Å². The second-order valence-electron chi connectivity index (χ2n) is 4.31. The number of benzene rings is 1. The van der Waals surface area contributed by atoms with Gasteiger partial charge in [0.25, 0.3) is 0 Å². The number of hydrogen-bond donors (Lipinski definition) is 0. The average molecular weight is 215 g/mol. The fourth-order valence-electron chi connectivity index (χ4n) is 2.04. The molecule has 0 fully saturated rings. The Kier molecular flexibility index (Phi) is 4.25. The highest BCUT2D eigenvalue weighted by atomic mass is 16.1. The summed E-state index contributed by atoms with van der Waals surface area (Å²) in [7, 11) is 0. The van der Waals surface area contributed by atoms with E-state index in [1.807, 2.05) is 44.2 Å². The summed E-state index contributed by atoms with van der Waals surface area (Å²) < 4.78 is 0. The van der Waals surface area contributed by atoms with Gasteiger partial charge in [-0.1, -0.05) is 44.2 Å². The van der Waals surface area contributed by atoms with E-state index in [1.54, 1.807) is 0 Å². The van der Waals surface area contributed by atoms with Crippen LogP contribution >= 0.6 is 0 Å². The normalized spacial score (nSPS) is 14.1. The van der Waals surface area contributed by atoms with Gasteiger partial charge >= 0.3 is 0 Å². The molecule has 0 amide bonds. The average Bonchev–Trinajstić information content (AvgIpc) is 2.31. The summed E-state index contributed by atoms with van der Waals surface area (Å²) >= 11 is 0. The van der Waals surface area contributed by atoms with Crippen molar-refractivity contribution in [3.8, 4) is 6.07 Å². The van der Waals surface area contributed by atoms with Crippen LogP contribution in [0, 0.1) is 17.2 Å². The first kappa shape index (κ1) is 12.4. The van der Waals surface area contributed by atoms with Crippen molar-refractivity contribution in [3.63, 3.8) is 0 Å². The summed E-state index contributed by atoms with van der Waals surface area (Å²) in [6.07, 6.45) is 1.91. The number of carbonyl (C=O) groups is 1. The minimum Gasteiger partial charge on any atom is -0.303 e. The fraction of sp³-hybridized carbons (Fsp3) is 0.429. The fourth-order valence-corrected chi connectivity index (χ4v) is 2.04. The predicted molar refractivity (Wildman–Crippen MR) is 63.9 cm³/mol. The van der Waals surface area contributed by atoms with Crippen LogP contribution < -0.4 is 0 Å². The van der Waals surface area contributed by atoms with Crippen molar-refractivity contribution in [2.24, 2.45) is 5.92 Å². The first-order valence-corrected chi connectivity index (χ1v) is 5.58. The topological polar surface area (TPSA) is 40.9 Å². The summed E-state index contributed by atoms with van der Waals surface area (Å²) in [5, 5.41) is 9.46. The summed E-state index contributed by atoms with van der Waals surface area (Å²) in [4.78, 5) is 10.5. The monoisotopic (exact) mass is 215 g/mol. The van der Waals surface area contributed by atoms with Crippen molar-refractivity contribution in [2.75, 3.05) is 0 Å². The molecule has 0 radical (unpaired) electrons. The van der Waals surface area contributed by atoms with Crippen LogP contribution in [-0.4, -0.2) is 6.29 Å². The van der Waals surface area contributed by atoms with E-state index in [4.69, 9.17) is 0 Å². The molecule has 1 unspecified atom stereocenters. The Morgan fingerprint density at radius 1 is 1.38 bits per heavy atom. The lowest BCUT2D eigenvalue weighted by Gasteiger charge is -2.30. The van der Waals surface area contributed by atoms with Crippen LogP contribution in [0.15, 0.2) is 30.3 Å². The van der Waals surface area contributed by atoms with Crippen LogP contribution in [0.5, 0.6) is 0 Å². The van der Waals surface area contributed by atoms with E-state index >= 15 is 0 Å². The molecule has 0 aliphatic rings. The SMILES string of the molecule is CC(C)C(C#N)(CCC=O)c1ccccc1. The van der Waals surface area contributed by atoms with E-state index < -0.39 is 5.41 Å². The highest BCUT2D eigenvalue weighted by molar-refractivity contribution is 5.50. The quantitative estimate of drug-likeness (QED) is 0.708. The zero-order valence-corrected chi connectivity index (χ0v) is 9.81. The lowest BCUT2D eigenvalue weighted by Crippen LogP contribution is -2.30. The van der Waals surface area contributed by atoms with Gasteiger partial charge in [0.15, 0.2) is 0 Å². The summed E-state index contributed by atoms with van der Waals surface area (Å²) in [5.74, 6) is 0.194. The molecule has 0 aromatic heterocycles. The van der Waals surface area contributed by atoms with Crippen LogP contribution in [0.2, 0.25) is 0 Å². The van der Waals surface area contributed by atoms with Crippen LogP contribution in [0.3, 0.4) is 0 Å². The second-order valence-corrected chi connectivity index (χ2v) is 4.31. The third-order valence-electron chi connectivity index (χ3n) is 3.13. The molecule has 0 heterocycles. The molecule has 1 rings (SSSR count). The van der Waals surface area contributed by atoms with Gasteiger partial charge in [0.2, 0.25) is 0 Å². The molecular formula is C14H17NO. The third kappa shape index (κ3) is 2.30. The van der Waals surface area contributed by atoms with Gasteiger partial charge < -0.3 is 4.79 Å². The van der Waals surface area contributed by atoms with Crippen molar-refractivity contribution in [1.82, 2.24) is 0 Å². The Labute approximate surface area is 96.9 Å². The number of carbonyl (C=O) groups excluding carboxylic acids is 1. The zero-order chi connectivity index (χ0) is 12.0. The molecular weight excluding hydrogens is 198 g/mol. The van der Waals surface area contributed by atoms with Crippen LogP contribution in [0.4, 0.5) is 0 Å². The molecule has 0 N–H and O–H groups in total. The van der Waals surface area contributed by atoms with E-state index in [9.17, 15) is 10.1 Å². The van der Waals surface area contributed by atoms with E-state index in [0.29, 0.717) is 12.8 Å². The summed E-state index contributed by atoms with van der Waals surface area (Å²) in [5.41, 5.74) is 0.469. The third-order valence-corrected chi connectivity index (χ3v) is 3.13. The lowest BCUT2D eigenvalue weighted by atomic mass is 9.70. The van der Waals surface area contributed by atoms with Crippen molar-refractivity contribution in [2.45, 2.75) is 32.1 Å². The highest BCUT2D eigenvalue weighted by Gasteiger charge is 2.35. The molecule has 84 valence electrons. The number of hydrogen-bond acceptors (Lipinski definition) is 2. The van der Waals surface area contributed by atoms with Gasteiger partial charge in [0.05, 0.1) is 11.5 Å². The summed E-state index contributed by atoms with van der Waals surface area (Å²) in [6.45, 7) is 4.06. The Morgan fingerprint density at radius 2 is 2.00 bits per heavy atom. The van der Waals surface area contributed by atoms with E-state index in [2.05, 4.69) is 6.07 Å². The van der Waals surface area contributed by atoms with Crippen molar-refractivity contribution < 1.29 is 4.79 Å². The van der Waals surface area contributed by atoms with Gasteiger partial charge in [-0.15, -0.1) is 0 Å². The van der Waals surface area contributed by atoms with Crippen LogP contribution in [0.1, 0.15) is 32.3 Å². The maximum Gasteiger partial charge on any atom is 0.120 e.